The molecule has 1 heterocycles. The zero-order valence-corrected chi connectivity index (χ0v) is 13.4. The van der Waals surface area contributed by atoms with E-state index in [0.717, 1.165) is 22.2 Å². The predicted molar refractivity (Wildman–Crippen MR) is 85.8 cm³/mol. The molecular weight excluding hydrogens is 328 g/mol. The molecule has 0 saturated heterocycles. The maximum Gasteiger partial charge on any atom is 0.224 e. The van der Waals surface area contributed by atoms with Crippen LogP contribution in [0.5, 0.6) is 0 Å². The topological polar surface area (TPSA) is 42.0 Å². The molecule has 108 valence electrons. The summed E-state index contributed by atoms with van der Waals surface area (Å²) in [5.41, 5.74) is 3.27. The van der Waals surface area contributed by atoms with E-state index < -0.39 is 0 Å². The van der Waals surface area contributed by atoms with Crippen molar-refractivity contribution < 1.29 is 4.79 Å². The van der Waals surface area contributed by atoms with E-state index in [1.807, 2.05) is 37.4 Å². The lowest BCUT2D eigenvalue weighted by molar-refractivity contribution is -0.122. The van der Waals surface area contributed by atoms with Crippen molar-refractivity contribution in [2.45, 2.75) is 25.8 Å². The molecule has 0 bridgehead atoms. The highest BCUT2D eigenvalue weighted by molar-refractivity contribution is 9.10. The molecule has 1 amide bonds. The van der Waals surface area contributed by atoms with Gasteiger partial charge in [-0.3, -0.25) is 9.78 Å². The first-order chi connectivity index (χ1) is 10.1. The van der Waals surface area contributed by atoms with Crippen LogP contribution < -0.4 is 5.32 Å². The van der Waals surface area contributed by atoms with E-state index in [2.05, 4.69) is 38.4 Å². The first-order valence-corrected chi connectivity index (χ1v) is 7.87. The van der Waals surface area contributed by atoms with Crippen molar-refractivity contribution in [2.24, 2.45) is 5.92 Å². The summed E-state index contributed by atoms with van der Waals surface area (Å²) in [6.07, 6.45) is 2.76. The van der Waals surface area contributed by atoms with E-state index in [1.165, 1.54) is 5.56 Å². The molecule has 0 unspecified atom stereocenters. The third kappa shape index (κ3) is 3.50. The van der Waals surface area contributed by atoms with Gasteiger partial charge in [-0.2, -0.15) is 0 Å². The lowest BCUT2D eigenvalue weighted by Crippen LogP contribution is -2.24. The number of hydrogen-bond acceptors (Lipinski definition) is 2. The van der Waals surface area contributed by atoms with Crippen molar-refractivity contribution in [3.8, 4) is 0 Å². The first-order valence-electron chi connectivity index (χ1n) is 7.08. The molecule has 1 saturated carbocycles. The number of rotatable bonds is 4. The average molecular weight is 345 g/mol. The Morgan fingerprint density at radius 1 is 1.29 bits per heavy atom. The van der Waals surface area contributed by atoms with Gasteiger partial charge >= 0.3 is 0 Å². The summed E-state index contributed by atoms with van der Waals surface area (Å²) in [5.74, 6) is 0.627. The second kappa shape index (κ2) is 5.98. The number of amides is 1. The van der Waals surface area contributed by atoms with Crippen molar-refractivity contribution in [1.29, 1.82) is 0 Å². The van der Waals surface area contributed by atoms with Crippen LogP contribution in [0.3, 0.4) is 0 Å². The second-order valence-electron chi connectivity index (χ2n) is 5.53. The van der Waals surface area contributed by atoms with Crippen molar-refractivity contribution in [3.63, 3.8) is 0 Å². The van der Waals surface area contributed by atoms with Gasteiger partial charge < -0.3 is 5.32 Å². The van der Waals surface area contributed by atoms with Crippen LogP contribution in [-0.4, -0.2) is 10.9 Å². The van der Waals surface area contributed by atoms with Crippen LogP contribution in [0, 0.1) is 12.8 Å². The molecule has 0 radical (unpaired) electrons. The highest BCUT2D eigenvalue weighted by Gasteiger charge is 2.43. The number of carbonyl (C=O) groups is 1. The molecule has 1 aromatic heterocycles. The Morgan fingerprint density at radius 3 is 2.71 bits per heavy atom. The Bertz CT molecular complexity index is 637. The fourth-order valence-corrected chi connectivity index (χ4v) is 2.75. The standard InChI is InChI=1S/C17H17BrN2O/c1-11-2-3-12(9-19-11)10-20-17(21)16-8-15(16)13-4-6-14(18)7-5-13/h2-7,9,15-16H,8,10H2,1H3,(H,20,21)/t15-,16-/m1/s1. The van der Waals surface area contributed by atoms with Gasteiger partial charge in [-0.1, -0.05) is 34.1 Å². The minimum atomic E-state index is 0.115. The van der Waals surface area contributed by atoms with E-state index in [4.69, 9.17) is 0 Å². The SMILES string of the molecule is Cc1ccc(CNC(=O)[C@@H]2C[C@@H]2c2ccc(Br)cc2)cn1. The van der Waals surface area contributed by atoms with E-state index in [0.29, 0.717) is 12.5 Å². The summed E-state index contributed by atoms with van der Waals surface area (Å²) in [7, 11) is 0. The number of aryl methyl sites for hydroxylation is 1. The number of nitrogens with zero attached hydrogens (tertiary/aromatic N) is 1. The van der Waals surface area contributed by atoms with Gasteiger partial charge in [0.2, 0.25) is 5.91 Å². The summed E-state index contributed by atoms with van der Waals surface area (Å²) in [6.45, 7) is 2.51. The highest BCUT2D eigenvalue weighted by atomic mass is 79.9. The van der Waals surface area contributed by atoms with Crippen LogP contribution in [0.15, 0.2) is 47.1 Å². The summed E-state index contributed by atoms with van der Waals surface area (Å²) < 4.78 is 1.07. The fraction of sp³-hybridized carbons (Fsp3) is 0.294. The van der Waals surface area contributed by atoms with Gasteiger partial charge in [0.1, 0.15) is 0 Å². The number of hydrogen-bond donors (Lipinski definition) is 1. The summed E-state index contributed by atoms with van der Waals surface area (Å²) >= 11 is 3.43. The van der Waals surface area contributed by atoms with Crippen LogP contribution in [-0.2, 0) is 11.3 Å². The van der Waals surface area contributed by atoms with E-state index in [-0.39, 0.29) is 11.8 Å². The number of nitrogens with one attached hydrogen (secondary N) is 1. The highest BCUT2D eigenvalue weighted by Crippen LogP contribution is 2.47. The van der Waals surface area contributed by atoms with Gasteiger partial charge in [-0.05, 0) is 48.6 Å². The smallest absolute Gasteiger partial charge is 0.224 e. The summed E-state index contributed by atoms with van der Waals surface area (Å²) in [5, 5.41) is 3.00. The van der Waals surface area contributed by atoms with Gasteiger partial charge in [0.25, 0.3) is 0 Å². The fourth-order valence-electron chi connectivity index (χ4n) is 2.49. The molecular formula is C17H17BrN2O. The van der Waals surface area contributed by atoms with Crippen LogP contribution in [0.1, 0.15) is 29.2 Å². The molecule has 3 nitrogen and oxygen atoms in total. The quantitative estimate of drug-likeness (QED) is 0.921. The van der Waals surface area contributed by atoms with Crippen LogP contribution in [0.2, 0.25) is 0 Å². The molecule has 1 aliphatic rings. The third-order valence-electron chi connectivity index (χ3n) is 3.86. The zero-order valence-electron chi connectivity index (χ0n) is 11.8. The van der Waals surface area contributed by atoms with Gasteiger partial charge in [-0.15, -0.1) is 0 Å². The maximum atomic E-state index is 12.2. The minimum absolute atomic E-state index is 0.115. The number of aromatic nitrogens is 1. The van der Waals surface area contributed by atoms with Crippen LogP contribution in [0.4, 0.5) is 0 Å². The maximum absolute atomic E-state index is 12.2. The van der Waals surface area contributed by atoms with Gasteiger partial charge in [0.05, 0.1) is 0 Å². The van der Waals surface area contributed by atoms with Gasteiger partial charge in [-0.25, -0.2) is 0 Å². The Labute approximate surface area is 132 Å². The van der Waals surface area contributed by atoms with Crippen molar-refractivity contribution in [1.82, 2.24) is 10.3 Å². The average Bonchev–Trinajstić information content (AvgIpc) is 3.28. The van der Waals surface area contributed by atoms with Gasteiger partial charge in [0, 0.05) is 28.8 Å². The molecule has 2 aromatic rings. The molecule has 1 fully saturated rings. The molecule has 0 spiro atoms. The predicted octanol–water partition coefficient (Wildman–Crippen LogP) is 3.57. The number of benzene rings is 1. The van der Waals surface area contributed by atoms with Crippen LogP contribution in [0.25, 0.3) is 0 Å². The lowest BCUT2D eigenvalue weighted by Gasteiger charge is -2.05. The molecule has 1 aromatic carbocycles. The zero-order chi connectivity index (χ0) is 14.8. The second-order valence-corrected chi connectivity index (χ2v) is 6.44. The summed E-state index contributed by atoms with van der Waals surface area (Å²) in [4.78, 5) is 16.4. The van der Waals surface area contributed by atoms with Crippen molar-refractivity contribution in [3.05, 3.63) is 63.9 Å². The van der Waals surface area contributed by atoms with Gasteiger partial charge in [0.15, 0.2) is 0 Å². The third-order valence-corrected chi connectivity index (χ3v) is 4.39. The molecule has 21 heavy (non-hydrogen) atoms. The Hall–Kier alpha value is -1.68. The van der Waals surface area contributed by atoms with Crippen LogP contribution >= 0.6 is 15.9 Å². The molecule has 0 aliphatic heterocycles. The Balaban J connectivity index is 1.53. The Morgan fingerprint density at radius 2 is 2.05 bits per heavy atom. The molecule has 1 aliphatic carbocycles. The van der Waals surface area contributed by atoms with Crippen molar-refractivity contribution in [2.75, 3.05) is 0 Å². The largest absolute Gasteiger partial charge is 0.352 e. The molecule has 4 heteroatoms. The summed E-state index contributed by atoms with van der Waals surface area (Å²) in [6, 6.07) is 12.2. The normalized spacial score (nSPS) is 20.1. The first kappa shape index (κ1) is 14.3. The minimum Gasteiger partial charge on any atom is -0.352 e. The Kier molecular flexibility index (Phi) is 4.06. The monoisotopic (exact) mass is 344 g/mol. The van der Waals surface area contributed by atoms with E-state index in [1.54, 1.807) is 0 Å². The molecule has 3 rings (SSSR count). The number of carbonyl (C=O) groups excluding carboxylic acids is 1. The number of halogens is 1. The molecule has 1 N–H and O–H groups in total. The van der Waals surface area contributed by atoms with Crippen molar-refractivity contribution >= 4 is 21.8 Å². The van der Waals surface area contributed by atoms with E-state index in [9.17, 15) is 4.79 Å². The lowest BCUT2D eigenvalue weighted by atomic mass is 10.1. The molecule has 2 atom stereocenters. The van der Waals surface area contributed by atoms with E-state index >= 15 is 0 Å². The number of pyridine rings is 1.